The summed E-state index contributed by atoms with van der Waals surface area (Å²) < 4.78 is 5.20. The minimum Gasteiger partial charge on any atom is -0.384 e. The van der Waals surface area contributed by atoms with Crippen LogP contribution in [0.25, 0.3) is 0 Å². The molecule has 1 amide bonds. The fourth-order valence-electron chi connectivity index (χ4n) is 2.05. The maximum Gasteiger partial charge on any atom is 0.239 e. The average Bonchev–Trinajstić information content (AvgIpc) is 2.18. The Balaban J connectivity index is 2.45. The quantitative estimate of drug-likeness (QED) is 0.749. The van der Waals surface area contributed by atoms with E-state index in [0.29, 0.717) is 0 Å². The smallest absolute Gasteiger partial charge is 0.239 e. The molecule has 0 saturated carbocycles. The predicted molar refractivity (Wildman–Crippen MR) is 59.4 cm³/mol. The Bertz CT molecular complexity index is 221. The molecular formula is C11H22N2O2. The van der Waals surface area contributed by atoms with Gasteiger partial charge in [-0.1, -0.05) is 6.92 Å². The van der Waals surface area contributed by atoms with Crippen molar-refractivity contribution in [3.8, 4) is 0 Å². The molecule has 0 spiro atoms. The number of rotatable bonds is 3. The van der Waals surface area contributed by atoms with Crippen molar-refractivity contribution in [1.82, 2.24) is 4.90 Å². The number of nitrogens with zero attached hydrogens (tertiary/aromatic N) is 1. The van der Waals surface area contributed by atoms with Crippen LogP contribution in [0.15, 0.2) is 0 Å². The fraction of sp³-hybridized carbons (Fsp3) is 0.909. The Morgan fingerprint density at radius 2 is 2.07 bits per heavy atom. The van der Waals surface area contributed by atoms with E-state index < -0.39 is 0 Å². The maximum absolute atomic E-state index is 11.6. The number of nitrogens with two attached hydrogens (primary N) is 1. The number of hydrogen-bond donors (Lipinski definition) is 1. The van der Waals surface area contributed by atoms with Crippen molar-refractivity contribution >= 4 is 5.91 Å². The molecule has 1 rings (SSSR count). The molecule has 0 aromatic carbocycles. The third-order valence-corrected chi connectivity index (χ3v) is 3.16. The summed E-state index contributed by atoms with van der Waals surface area (Å²) in [4.78, 5) is 13.5. The zero-order chi connectivity index (χ0) is 11.5. The van der Waals surface area contributed by atoms with Crippen LogP contribution in [-0.2, 0) is 9.53 Å². The molecule has 4 nitrogen and oxygen atoms in total. The number of likely N-dealkylation sites (tertiary alicyclic amines) is 1. The maximum atomic E-state index is 11.6. The third-order valence-electron chi connectivity index (χ3n) is 3.16. The first-order valence-corrected chi connectivity index (χ1v) is 5.52. The minimum atomic E-state index is -0.378. The van der Waals surface area contributed by atoms with Gasteiger partial charge in [0, 0.05) is 20.2 Å². The van der Waals surface area contributed by atoms with E-state index in [9.17, 15) is 4.79 Å². The lowest BCUT2D eigenvalue weighted by Crippen LogP contribution is -2.48. The zero-order valence-electron chi connectivity index (χ0n) is 9.95. The number of methoxy groups -OCH3 is 1. The number of hydrogen-bond acceptors (Lipinski definition) is 3. The van der Waals surface area contributed by atoms with Crippen molar-refractivity contribution in [2.45, 2.75) is 32.7 Å². The van der Waals surface area contributed by atoms with Crippen molar-refractivity contribution in [3.63, 3.8) is 0 Å². The highest BCUT2D eigenvalue weighted by Gasteiger charge is 2.32. The summed E-state index contributed by atoms with van der Waals surface area (Å²) >= 11 is 0. The van der Waals surface area contributed by atoms with Gasteiger partial charge in [0.15, 0.2) is 0 Å². The van der Waals surface area contributed by atoms with E-state index in [4.69, 9.17) is 10.5 Å². The van der Waals surface area contributed by atoms with Crippen molar-refractivity contribution in [2.24, 2.45) is 11.1 Å². The van der Waals surface area contributed by atoms with Crippen LogP contribution in [0.4, 0.5) is 0 Å². The second-order valence-electron chi connectivity index (χ2n) is 4.86. The Labute approximate surface area is 91.8 Å². The lowest BCUT2D eigenvalue weighted by molar-refractivity contribution is -0.134. The molecule has 2 N–H and O–H groups in total. The largest absolute Gasteiger partial charge is 0.384 e. The molecular weight excluding hydrogens is 192 g/mol. The molecule has 1 aliphatic rings. The van der Waals surface area contributed by atoms with E-state index in [1.54, 1.807) is 14.0 Å². The van der Waals surface area contributed by atoms with E-state index in [1.807, 2.05) is 4.90 Å². The van der Waals surface area contributed by atoms with E-state index in [-0.39, 0.29) is 17.4 Å². The Hall–Kier alpha value is -0.610. The number of piperidine rings is 1. The predicted octanol–water partition coefficient (Wildman–Crippen LogP) is 0.609. The average molecular weight is 214 g/mol. The Kier molecular flexibility index (Phi) is 4.11. The monoisotopic (exact) mass is 214 g/mol. The standard InChI is InChI=1S/C11H22N2O2/c1-9(12)10(14)13-6-4-11(2,5-7-13)8-15-3/h9H,4-8,12H2,1-3H3/t9-/m0/s1. The number of ether oxygens (including phenoxy) is 1. The van der Waals surface area contributed by atoms with Crippen molar-refractivity contribution < 1.29 is 9.53 Å². The molecule has 0 unspecified atom stereocenters. The topological polar surface area (TPSA) is 55.6 Å². The molecule has 4 heteroatoms. The van der Waals surface area contributed by atoms with E-state index in [0.717, 1.165) is 32.5 Å². The molecule has 1 atom stereocenters. The first-order valence-electron chi connectivity index (χ1n) is 5.52. The second kappa shape index (κ2) is 4.94. The number of carbonyl (C=O) groups is 1. The molecule has 1 fully saturated rings. The van der Waals surface area contributed by atoms with Crippen LogP contribution in [0.3, 0.4) is 0 Å². The second-order valence-corrected chi connectivity index (χ2v) is 4.86. The van der Waals surface area contributed by atoms with Crippen LogP contribution in [0.5, 0.6) is 0 Å². The van der Waals surface area contributed by atoms with Gasteiger partial charge in [0.1, 0.15) is 0 Å². The molecule has 15 heavy (non-hydrogen) atoms. The van der Waals surface area contributed by atoms with Crippen LogP contribution < -0.4 is 5.73 Å². The summed E-state index contributed by atoms with van der Waals surface area (Å²) in [6.45, 7) is 6.34. The van der Waals surface area contributed by atoms with Gasteiger partial charge in [-0.05, 0) is 25.2 Å². The van der Waals surface area contributed by atoms with Gasteiger partial charge in [-0.2, -0.15) is 0 Å². The molecule has 1 heterocycles. The van der Waals surface area contributed by atoms with Crippen molar-refractivity contribution in [1.29, 1.82) is 0 Å². The van der Waals surface area contributed by atoms with Gasteiger partial charge >= 0.3 is 0 Å². The van der Waals surface area contributed by atoms with E-state index >= 15 is 0 Å². The molecule has 0 aliphatic carbocycles. The van der Waals surface area contributed by atoms with Gasteiger partial charge in [-0.15, -0.1) is 0 Å². The lowest BCUT2D eigenvalue weighted by Gasteiger charge is -2.39. The first kappa shape index (κ1) is 12.5. The summed E-state index contributed by atoms with van der Waals surface area (Å²) in [5.74, 6) is 0.0643. The van der Waals surface area contributed by atoms with Crippen molar-refractivity contribution in [2.75, 3.05) is 26.8 Å². The molecule has 0 aromatic rings. The lowest BCUT2D eigenvalue weighted by atomic mass is 9.81. The van der Waals surface area contributed by atoms with Gasteiger partial charge in [-0.3, -0.25) is 4.79 Å². The van der Waals surface area contributed by atoms with Gasteiger partial charge in [0.2, 0.25) is 5.91 Å². The Morgan fingerprint density at radius 1 is 1.53 bits per heavy atom. The van der Waals surface area contributed by atoms with Crippen molar-refractivity contribution in [3.05, 3.63) is 0 Å². The van der Waals surface area contributed by atoms with E-state index in [1.165, 1.54) is 0 Å². The molecule has 1 aliphatic heterocycles. The highest BCUT2D eigenvalue weighted by atomic mass is 16.5. The highest BCUT2D eigenvalue weighted by molar-refractivity contribution is 5.81. The molecule has 0 bridgehead atoms. The van der Waals surface area contributed by atoms with Gasteiger partial charge in [0.05, 0.1) is 12.6 Å². The van der Waals surface area contributed by atoms with Gasteiger partial charge < -0.3 is 15.4 Å². The zero-order valence-corrected chi connectivity index (χ0v) is 9.95. The van der Waals surface area contributed by atoms with Crippen LogP contribution in [0.1, 0.15) is 26.7 Å². The van der Waals surface area contributed by atoms with Crippen LogP contribution in [0.2, 0.25) is 0 Å². The third kappa shape index (κ3) is 3.18. The van der Waals surface area contributed by atoms with Gasteiger partial charge in [0.25, 0.3) is 0 Å². The van der Waals surface area contributed by atoms with Crippen LogP contribution in [-0.4, -0.2) is 43.7 Å². The van der Waals surface area contributed by atoms with Crippen LogP contribution >= 0.6 is 0 Å². The fourth-order valence-corrected chi connectivity index (χ4v) is 2.05. The molecule has 0 radical (unpaired) electrons. The Morgan fingerprint density at radius 3 is 2.47 bits per heavy atom. The van der Waals surface area contributed by atoms with Crippen LogP contribution in [0, 0.1) is 5.41 Å². The normalized spacial score (nSPS) is 22.5. The SMILES string of the molecule is COCC1(C)CCN(C(=O)[C@H](C)N)CC1. The highest BCUT2D eigenvalue weighted by Crippen LogP contribution is 2.30. The molecule has 0 aromatic heterocycles. The number of amides is 1. The summed E-state index contributed by atoms with van der Waals surface area (Å²) in [6, 6.07) is -0.378. The summed E-state index contributed by atoms with van der Waals surface area (Å²) in [7, 11) is 1.73. The number of carbonyl (C=O) groups excluding carboxylic acids is 1. The van der Waals surface area contributed by atoms with E-state index in [2.05, 4.69) is 6.92 Å². The first-order chi connectivity index (χ1) is 6.98. The minimum absolute atomic E-state index is 0.0643. The molecule has 1 saturated heterocycles. The molecule has 88 valence electrons. The van der Waals surface area contributed by atoms with Gasteiger partial charge in [-0.25, -0.2) is 0 Å². The summed E-state index contributed by atoms with van der Waals surface area (Å²) in [6.07, 6.45) is 2.00. The summed E-state index contributed by atoms with van der Waals surface area (Å²) in [5.41, 5.74) is 5.80. The summed E-state index contributed by atoms with van der Waals surface area (Å²) in [5, 5.41) is 0.